The number of carboxylic acid groups (broad SMARTS) is 1. The second kappa shape index (κ2) is 10.5. The van der Waals surface area contributed by atoms with Gasteiger partial charge in [-0.25, -0.2) is 4.79 Å². The van der Waals surface area contributed by atoms with Crippen LogP contribution < -0.4 is 0 Å². The molecule has 1 N–H and O–H groups in total. The average Bonchev–Trinajstić information content (AvgIpc) is 3.26. The molecule has 9 nitrogen and oxygen atoms in total. The van der Waals surface area contributed by atoms with E-state index in [1.165, 1.54) is 13.1 Å². The van der Waals surface area contributed by atoms with Crippen LogP contribution in [0.25, 0.3) is 11.5 Å². The molecule has 9 heteroatoms. The summed E-state index contributed by atoms with van der Waals surface area (Å²) in [5, 5.41) is 26.9. The molecule has 31 heavy (non-hydrogen) atoms. The Hall–Kier alpha value is -3.54. The van der Waals surface area contributed by atoms with Gasteiger partial charge in [-0.15, -0.1) is 10.2 Å². The van der Waals surface area contributed by atoms with Crippen LogP contribution in [0.2, 0.25) is 0 Å². The van der Waals surface area contributed by atoms with E-state index in [1.807, 2.05) is 37.3 Å². The lowest BCUT2D eigenvalue weighted by Crippen LogP contribution is -2.62. The summed E-state index contributed by atoms with van der Waals surface area (Å²) in [6.45, 7) is 3.69. The summed E-state index contributed by atoms with van der Waals surface area (Å²) >= 11 is 0. The Morgan fingerprint density at radius 3 is 2.45 bits per heavy atom. The van der Waals surface area contributed by atoms with Gasteiger partial charge in [0.25, 0.3) is 5.78 Å². The number of carbonyl (C=O) groups excluding carboxylic acids is 2. The van der Waals surface area contributed by atoms with Crippen molar-refractivity contribution in [2.24, 2.45) is 5.92 Å². The molecule has 1 amide bonds. The highest BCUT2D eigenvalue weighted by Gasteiger charge is 2.52. The van der Waals surface area contributed by atoms with Crippen LogP contribution in [-0.2, 0) is 16.0 Å². The lowest BCUT2D eigenvalue weighted by atomic mass is 9.71. The van der Waals surface area contributed by atoms with Crippen LogP contribution in [-0.4, -0.2) is 50.5 Å². The zero-order valence-corrected chi connectivity index (χ0v) is 17.9. The number of likely N-dealkylation sites (N-methyl/N-ethyl adjacent to an activating group) is 1. The molecule has 0 aliphatic rings. The van der Waals surface area contributed by atoms with Crippen molar-refractivity contribution >= 4 is 17.7 Å². The molecular formula is C22H26N4O5. The van der Waals surface area contributed by atoms with Gasteiger partial charge in [-0.05, 0) is 24.5 Å². The minimum atomic E-state index is -1.70. The predicted octanol–water partition coefficient (Wildman–Crippen LogP) is 3.51. The number of unbranched alkanes of at least 4 members (excludes halogenated alkanes) is 1. The minimum absolute atomic E-state index is 0.0854. The van der Waals surface area contributed by atoms with Gasteiger partial charge in [-0.1, -0.05) is 51.3 Å². The van der Waals surface area contributed by atoms with Crippen LogP contribution >= 0.6 is 0 Å². The highest BCUT2D eigenvalue weighted by molar-refractivity contribution is 6.46. The fraction of sp³-hybridized carbons (Fsp3) is 0.455. The second-order valence-electron chi connectivity index (χ2n) is 7.32. The fourth-order valence-electron chi connectivity index (χ4n) is 3.86. The number of amides is 1. The number of benzene rings is 1. The molecule has 0 spiro atoms. The molecule has 1 aromatic carbocycles. The molecule has 0 saturated heterocycles. The van der Waals surface area contributed by atoms with E-state index in [4.69, 9.17) is 9.68 Å². The molecule has 164 valence electrons. The van der Waals surface area contributed by atoms with Gasteiger partial charge in [0.1, 0.15) is 11.6 Å². The van der Waals surface area contributed by atoms with Gasteiger partial charge in [-0.3, -0.25) is 14.5 Å². The van der Waals surface area contributed by atoms with Crippen LogP contribution in [0.1, 0.15) is 45.4 Å². The molecule has 0 aliphatic carbocycles. The SMILES string of the molecule is CCCCC(C(=O)C(=O)C#N)(C(CC)Cc1nnc(-c2ccccc2)o1)N(C)C(=O)O. The summed E-state index contributed by atoms with van der Waals surface area (Å²) in [6.07, 6.45) is 0.369. The lowest BCUT2D eigenvalue weighted by Gasteiger charge is -2.43. The van der Waals surface area contributed by atoms with E-state index in [-0.39, 0.29) is 18.7 Å². The van der Waals surface area contributed by atoms with Crippen LogP contribution in [0.5, 0.6) is 0 Å². The summed E-state index contributed by atoms with van der Waals surface area (Å²) in [7, 11) is 1.26. The third kappa shape index (κ3) is 4.97. The second-order valence-corrected chi connectivity index (χ2v) is 7.32. The first kappa shape index (κ1) is 23.7. The van der Waals surface area contributed by atoms with Gasteiger partial charge in [0.2, 0.25) is 17.6 Å². The molecule has 0 fully saturated rings. The molecule has 1 aromatic heterocycles. The highest BCUT2D eigenvalue weighted by Crippen LogP contribution is 2.36. The zero-order chi connectivity index (χ0) is 23.0. The average molecular weight is 426 g/mol. The van der Waals surface area contributed by atoms with E-state index >= 15 is 0 Å². The number of nitriles is 1. The first-order valence-corrected chi connectivity index (χ1v) is 10.1. The summed E-state index contributed by atoms with van der Waals surface area (Å²) in [6, 6.07) is 10.5. The molecule has 2 rings (SSSR count). The van der Waals surface area contributed by atoms with E-state index in [9.17, 15) is 19.5 Å². The Kier molecular flexibility index (Phi) is 8.02. The van der Waals surface area contributed by atoms with Crippen molar-refractivity contribution in [1.82, 2.24) is 15.1 Å². The number of nitrogens with zero attached hydrogens (tertiary/aromatic N) is 4. The number of hydrogen-bond acceptors (Lipinski definition) is 7. The molecule has 1 heterocycles. The molecule has 2 unspecified atom stereocenters. The molecular weight excluding hydrogens is 400 g/mol. The van der Waals surface area contributed by atoms with Gasteiger partial charge in [0.05, 0.1) is 0 Å². The third-order valence-electron chi connectivity index (χ3n) is 5.57. The van der Waals surface area contributed by atoms with E-state index < -0.39 is 29.1 Å². The Balaban J connectivity index is 2.50. The van der Waals surface area contributed by atoms with Gasteiger partial charge < -0.3 is 9.52 Å². The lowest BCUT2D eigenvalue weighted by molar-refractivity contribution is -0.143. The zero-order valence-electron chi connectivity index (χ0n) is 17.9. The quantitative estimate of drug-likeness (QED) is 0.425. The Morgan fingerprint density at radius 2 is 1.90 bits per heavy atom. The van der Waals surface area contributed by atoms with Crippen molar-refractivity contribution < 1.29 is 23.9 Å². The fourth-order valence-corrected chi connectivity index (χ4v) is 3.86. The van der Waals surface area contributed by atoms with Crippen LogP contribution in [0, 0.1) is 17.2 Å². The molecule has 2 atom stereocenters. The largest absolute Gasteiger partial charge is 0.465 e. The molecule has 0 aliphatic heterocycles. The standard InChI is InChI=1S/C22H26N4O5/c1-4-6-12-22(26(3)21(29)30,19(28)17(27)14-23)16(5-2)13-18-24-25-20(31-18)15-10-8-7-9-11-15/h7-11,16H,4-6,12-13H2,1-3H3,(H,29,30). The number of rotatable bonds is 11. The first-order valence-electron chi connectivity index (χ1n) is 10.1. The monoisotopic (exact) mass is 426 g/mol. The van der Waals surface area contributed by atoms with E-state index in [0.717, 1.165) is 10.5 Å². The summed E-state index contributed by atoms with van der Waals surface area (Å²) in [4.78, 5) is 38.0. The maximum absolute atomic E-state index is 13.1. The van der Waals surface area contributed by atoms with Crippen LogP contribution in [0.4, 0.5) is 4.79 Å². The van der Waals surface area contributed by atoms with Crippen LogP contribution in [0.15, 0.2) is 34.7 Å². The minimum Gasteiger partial charge on any atom is -0.465 e. The highest BCUT2D eigenvalue weighted by atomic mass is 16.4. The van der Waals surface area contributed by atoms with Crippen molar-refractivity contribution in [1.29, 1.82) is 5.26 Å². The number of aromatic nitrogens is 2. The Morgan fingerprint density at radius 1 is 1.23 bits per heavy atom. The maximum Gasteiger partial charge on any atom is 0.407 e. The number of carbonyl (C=O) groups is 3. The van der Waals surface area contributed by atoms with Crippen molar-refractivity contribution in [3.63, 3.8) is 0 Å². The van der Waals surface area contributed by atoms with Gasteiger partial charge in [-0.2, -0.15) is 5.26 Å². The van der Waals surface area contributed by atoms with Crippen LogP contribution in [0.3, 0.4) is 0 Å². The smallest absolute Gasteiger partial charge is 0.407 e. The molecule has 2 aromatic rings. The normalized spacial score (nSPS) is 13.6. The number of ketones is 2. The third-order valence-corrected chi connectivity index (χ3v) is 5.57. The van der Waals surface area contributed by atoms with E-state index in [1.54, 1.807) is 6.92 Å². The van der Waals surface area contributed by atoms with Crippen molar-refractivity contribution in [2.45, 2.75) is 51.5 Å². The number of hydrogen-bond donors (Lipinski definition) is 1. The van der Waals surface area contributed by atoms with Crippen molar-refractivity contribution in [3.8, 4) is 17.5 Å². The Bertz CT molecular complexity index is 966. The molecule has 0 bridgehead atoms. The van der Waals surface area contributed by atoms with Gasteiger partial charge in [0.15, 0.2) is 0 Å². The van der Waals surface area contributed by atoms with E-state index in [0.29, 0.717) is 25.2 Å². The first-order chi connectivity index (χ1) is 14.8. The molecule has 0 saturated carbocycles. The van der Waals surface area contributed by atoms with Gasteiger partial charge >= 0.3 is 6.09 Å². The maximum atomic E-state index is 13.1. The van der Waals surface area contributed by atoms with Gasteiger partial charge in [0, 0.05) is 19.0 Å². The topological polar surface area (TPSA) is 137 Å². The summed E-state index contributed by atoms with van der Waals surface area (Å²) < 4.78 is 5.76. The van der Waals surface area contributed by atoms with E-state index in [2.05, 4.69) is 10.2 Å². The van der Waals surface area contributed by atoms with Crippen molar-refractivity contribution in [2.75, 3.05) is 7.05 Å². The molecule has 0 radical (unpaired) electrons. The summed E-state index contributed by atoms with van der Waals surface area (Å²) in [5.74, 6) is -2.41. The predicted molar refractivity (Wildman–Crippen MR) is 111 cm³/mol. The Labute approximate surface area is 180 Å². The summed E-state index contributed by atoms with van der Waals surface area (Å²) in [5.41, 5.74) is -0.977. The van der Waals surface area contributed by atoms with Crippen molar-refractivity contribution in [3.05, 3.63) is 36.2 Å². The number of Topliss-reactive ketones (excluding diaryl/α,β-unsaturated/α-hetero) is 2.